The van der Waals surface area contributed by atoms with Crippen LogP contribution in [0.2, 0.25) is 0 Å². The molecule has 0 aromatic heterocycles. The third-order valence-corrected chi connectivity index (χ3v) is 3.61. The molecule has 100 valence electrons. The summed E-state index contributed by atoms with van der Waals surface area (Å²) >= 11 is 0. The maximum absolute atomic E-state index is 5.51. The number of ether oxygens (including phenoxy) is 2. The molecular formula is C14H22N2O2. The van der Waals surface area contributed by atoms with Gasteiger partial charge in [0.1, 0.15) is 11.6 Å². The minimum atomic E-state index is -0.333. The van der Waals surface area contributed by atoms with Crippen molar-refractivity contribution in [2.24, 2.45) is 15.9 Å². The molecule has 2 atom stereocenters. The van der Waals surface area contributed by atoms with Gasteiger partial charge >= 0.3 is 0 Å². The third-order valence-electron chi connectivity index (χ3n) is 3.61. The van der Waals surface area contributed by atoms with E-state index in [9.17, 15) is 0 Å². The van der Waals surface area contributed by atoms with Crippen molar-refractivity contribution in [3.05, 3.63) is 12.2 Å². The molecule has 2 rings (SSSR count). The second-order valence-electron chi connectivity index (χ2n) is 5.23. The molecule has 0 aromatic rings. The maximum atomic E-state index is 5.51. The Morgan fingerprint density at radius 2 is 2.06 bits per heavy atom. The summed E-state index contributed by atoms with van der Waals surface area (Å²) in [4.78, 5) is 9.57. The average molecular weight is 250 g/mol. The lowest BCUT2D eigenvalue weighted by atomic mass is 9.84. The van der Waals surface area contributed by atoms with Crippen molar-refractivity contribution in [2.75, 3.05) is 14.2 Å². The molecule has 1 heterocycles. The zero-order valence-electron chi connectivity index (χ0n) is 11.6. The van der Waals surface area contributed by atoms with Crippen molar-refractivity contribution >= 4 is 11.8 Å². The van der Waals surface area contributed by atoms with E-state index in [0.29, 0.717) is 5.92 Å². The summed E-state index contributed by atoms with van der Waals surface area (Å²) in [6, 6.07) is -0.0264. The molecule has 0 saturated heterocycles. The minimum absolute atomic E-state index is 0.0264. The van der Waals surface area contributed by atoms with Crippen LogP contribution in [0.5, 0.6) is 0 Å². The molecule has 2 aliphatic rings. The van der Waals surface area contributed by atoms with Gasteiger partial charge in [-0.25, -0.2) is 9.98 Å². The van der Waals surface area contributed by atoms with Gasteiger partial charge in [0.25, 0.3) is 0 Å². The van der Waals surface area contributed by atoms with Crippen molar-refractivity contribution in [1.29, 1.82) is 0 Å². The zero-order valence-corrected chi connectivity index (χ0v) is 11.6. The average Bonchev–Trinajstić information content (AvgIpc) is 2.39. The molecular weight excluding hydrogens is 228 g/mol. The normalized spacial score (nSPS) is 31.3. The van der Waals surface area contributed by atoms with Crippen molar-refractivity contribution < 1.29 is 9.47 Å². The Morgan fingerprint density at radius 3 is 2.56 bits per heavy atom. The topological polar surface area (TPSA) is 43.2 Å². The molecule has 0 amide bonds. The predicted octanol–water partition coefficient (Wildman–Crippen LogP) is 2.59. The molecule has 0 fully saturated rings. The molecule has 1 aliphatic heterocycles. The standard InChI is InChI=1S/C14H22N2O2/c1-10(2)11-12(17-3)16-14(13(15-11)18-4)8-6-5-7-9-14/h5-6,10-11H,7-9H2,1-4H3/t11?,14-/m0/s1. The second-order valence-corrected chi connectivity index (χ2v) is 5.23. The van der Waals surface area contributed by atoms with Crippen LogP contribution >= 0.6 is 0 Å². The number of rotatable bonds is 1. The lowest BCUT2D eigenvalue weighted by Gasteiger charge is -2.36. The van der Waals surface area contributed by atoms with Crippen LogP contribution in [-0.2, 0) is 9.47 Å². The molecule has 0 radical (unpaired) electrons. The van der Waals surface area contributed by atoms with Crippen LogP contribution in [-0.4, -0.2) is 37.6 Å². The van der Waals surface area contributed by atoms with E-state index in [4.69, 9.17) is 19.5 Å². The first-order valence-corrected chi connectivity index (χ1v) is 6.54. The lowest BCUT2D eigenvalue weighted by molar-refractivity contribution is 0.295. The number of hydrogen-bond donors (Lipinski definition) is 0. The Hall–Kier alpha value is -1.32. The van der Waals surface area contributed by atoms with E-state index >= 15 is 0 Å². The SMILES string of the molecule is COC1=N[C@]2(CC=CCC2)C(OC)=NC1C(C)C. The second kappa shape index (κ2) is 5.12. The van der Waals surface area contributed by atoms with E-state index in [0.717, 1.165) is 31.1 Å². The van der Waals surface area contributed by atoms with Crippen molar-refractivity contribution in [1.82, 2.24) is 0 Å². The van der Waals surface area contributed by atoms with E-state index in [1.54, 1.807) is 14.2 Å². The van der Waals surface area contributed by atoms with Crippen LogP contribution < -0.4 is 0 Å². The largest absolute Gasteiger partial charge is 0.483 e. The molecule has 1 spiro atoms. The number of allylic oxidation sites excluding steroid dienone is 1. The van der Waals surface area contributed by atoms with Gasteiger partial charge in [-0.15, -0.1) is 0 Å². The van der Waals surface area contributed by atoms with Crippen LogP contribution in [0.15, 0.2) is 22.1 Å². The quantitative estimate of drug-likeness (QED) is 0.671. The zero-order chi connectivity index (χ0) is 13.2. The number of aliphatic imine (C=N–C) groups is 2. The van der Waals surface area contributed by atoms with Crippen molar-refractivity contribution in [3.63, 3.8) is 0 Å². The van der Waals surface area contributed by atoms with Gasteiger partial charge in [0.05, 0.1) is 14.2 Å². The van der Waals surface area contributed by atoms with Crippen molar-refractivity contribution in [3.8, 4) is 0 Å². The third kappa shape index (κ3) is 2.16. The fourth-order valence-corrected chi connectivity index (χ4v) is 2.59. The first-order valence-electron chi connectivity index (χ1n) is 6.54. The van der Waals surface area contributed by atoms with Crippen molar-refractivity contribution in [2.45, 2.75) is 44.7 Å². The molecule has 1 aliphatic carbocycles. The molecule has 0 aromatic carbocycles. The molecule has 0 saturated carbocycles. The smallest absolute Gasteiger partial charge is 0.213 e. The Labute approximate surface area is 109 Å². The van der Waals surface area contributed by atoms with Gasteiger partial charge in [0, 0.05) is 0 Å². The van der Waals surface area contributed by atoms with Crippen LogP contribution in [0.25, 0.3) is 0 Å². The van der Waals surface area contributed by atoms with Gasteiger partial charge in [-0.3, -0.25) is 0 Å². The summed E-state index contributed by atoms with van der Waals surface area (Å²) in [5, 5.41) is 0. The summed E-state index contributed by atoms with van der Waals surface area (Å²) in [5.41, 5.74) is -0.333. The summed E-state index contributed by atoms with van der Waals surface area (Å²) in [5.74, 6) is 1.85. The first-order chi connectivity index (χ1) is 8.63. The lowest BCUT2D eigenvalue weighted by Crippen LogP contribution is -2.47. The molecule has 0 bridgehead atoms. The summed E-state index contributed by atoms with van der Waals surface area (Å²) in [6.07, 6.45) is 7.14. The molecule has 0 N–H and O–H groups in total. The van der Waals surface area contributed by atoms with Gasteiger partial charge in [-0.1, -0.05) is 26.0 Å². The first kappa shape index (κ1) is 13.1. The molecule has 4 heteroatoms. The monoisotopic (exact) mass is 250 g/mol. The van der Waals surface area contributed by atoms with Gasteiger partial charge < -0.3 is 9.47 Å². The molecule has 4 nitrogen and oxygen atoms in total. The van der Waals surface area contributed by atoms with Gasteiger partial charge in [0.2, 0.25) is 11.8 Å². The number of hydrogen-bond acceptors (Lipinski definition) is 4. The van der Waals surface area contributed by atoms with Crippen LogP contribution in [0.4, 0.5) is 0 Å². The van der Waals surface area contributed by atoms with E-state index in [1.165, 1.54) is 0 Å². The Balaban J connectivity index is 2.39. The van der Waals surface area contributed by atoms with E-state index in [1.807, 2.05) is 0 Å². The maximum Gasteiger partial charge on any atom is 0.213 e. The highest BCUT2D eigenvalue weighted by atomic mass is 16.5. The van der Waals surface area contributed by atoms with E-state index in [2.05, 4.69) is 26.0 Å². The van der Waals surface area contributed by atoms with E-state index in [-0.39, 0.29) is 11.6 Å². The highest BCUT2D eigenvalue weighted by Gasteiger charge is 2.43. The number of methoxy groups -OCH3 is 2. The van der Waals surface area contributed by atoms with Gasteiger partial charge in [-0.2, -0.15) is 0 Å². The predicted molar refractivity (Wildman–Crippen MR) is 73.2 cm³/mol. The minimum Gasteiger partial charge on any atom is -0.483 e. The Kier molecular flexibility index (Phi) is 3.73. The highest BCUT2D eigenvalue weighted by Crippen LogP contribution is 2.34. The highest BCUT2D eigenvalue weighted by molar-refractivity contribution is 5.97. The van der Waals surface area contributed by atoms with Crippen LogP contribution in [0, 0.1) is 5.92 Å². The summed E-state index contributed by atoms with van der Waals surface area (Å²) < 4.78 is 11.0. The van der Waals surface area contributed by atoms with Gasteiger partial charge in [-0.05, 0) is 25.2 Å². The van der Waals surface area contributed by atoms with Crippen LogP contribution in [0.1, 0.15) is 33.1 Å². The summed E-state index contributed by atoms with van der Waals surface area (Å²) in [7, 11) is 3.36. The molecule has 1 unspecified atom stereocenters. The van der Waals surface area contributed by atoms with E-state index < -0.39 is 0 Å². The summed E-state index contributed by atoms with van der Waals surface area (Å²) in [6.45, 7) is 4.24. The Bertz CT molecular complexity index is 399. The Morgan fingerprint density at radius 1 is 1.28 bits per heavy atom. The molecule has 18 heavy (non-hydrogen) atoms. The van der Waals surface area contributed by atoms with Gasteiger partial charge in [0.15, 0.2) is 0 Å². The number of nitrogens with zero attached hydrogens (tertiary/aromatic N) is 2. The van der Waals surface area contributed by atoms with Crippen LogP contribution in [0.3, 0.4) is 0 Å². The fourth-order valence-electron chi connectivity index (χ4n) is 2.59. The fraction of sp³-hybridized carbons (Fsp3) is 0.714.